The number of aliphatic hydroxyl groups excluding tert-OH is 1. The molecule has 0 atom stereocenters. The van der Waals surface area contributed by atoms with E-state index < -0.39 is 0 Å². The lowest BCUT2D eigenvalue weighted by Crippen LogP contribution is -2.20. The predicted octanol–water partition coefficient (Wildman–Crippen LogP) is 1.59. The van der Waals surface area contributed by atoms with E-state index in [9.17, 15) is 0 Å². The summed E-state index contributed by atoms with van der Waals surface area (Å²) in [7, 11) is 1.96. The molecule has 1 N–H and O–H groups in total. The van der Waals surface area contributed by atoms with Gasteiger partial charge in [0.2, 0.25) is 0 Å². The second-order valence-corrected chi connectivity index (χ2v) is 3.46. The van der Waals surface area contributed by atoms with Crippen molar-refractivity contribution in [2.45, 2.75) is 13.5 Å². The van der Waals surface area contributed by atoms with Crippen LogP contribution in [0.2, 0.25) is 0 Å². The van der Waals surface area contributed by atoms with Crippen LogP contribution in [0.25, 0.3) is 0 Å². The summed E-state index contributed by atoms with van der Waals surface area (Å²) < 4.78 is 0. The third-order valence-electron chi connectivity index (χ3n) is 1.85. The third kappa shape index (κ3) is 2.85. The Balaban J connectivity index is 2.78. The molecule has 0 aliphatic carbocycles. The molecular formula is C11H16N2O. The van der Waals surface area contributed by atoms with Crippen molar-refractivity contribution < 1.29 is 5.11 Å². The Hall–Kier alpha value is -1.35. The maximum atomic E-state index is 8.93. The highest BCUT2D eigenvalue weighted by Gasteiger charge is 2.02. The highest BCUT2D eigenvalue weighted by atomic mass is 16.3. The molecule has 0 unspecified atom stereocenters. The molecule has 3 nitrogen and oxygen atoms in total. The molecule has 1 aromatic rings. The summed E-state index contributed by atoms with van der Waals surface area (Å²) in [6.45, 7) is 6.58. The van der Waals surface area contributed by atoms with E-state index in [0.29, 0.717) is 5.69 Å². The average Bonchev–Trinajstić information content (AvgIpc) is 2.17. The van der Waals surface area contributed by atoms with Gasteiger partial charge in [-0.25, -0.2) is 4.98 Å². The van der Waals surface area contributed by atoms with Crippen molar-refractivity contribution in [2.75, 3.05) is 18.5 Å². The van der Waals surface area contributed by atoms with E-state index in [1.165, 1.54) is 0 Å². The van der Waals surface area contributed by atoms with Gasteiger partial charge in [-0.05, 0) is 19.1 Å². The molecule has 0 saturated carbocycles. The van der Waals surface area contributed by atoms with Crippen LogP contribution in [-0.4, -0.2) is 23.7 Å². The number of hydrogen-bond donors (Lipinski definition) is 1. The Labute approximate surface area is 84.7 Å². The molecule has 0 aromatic carbocycles. The molecule has 76 valence electrons. The first-order valence-corrected chi connectivity index (χ1v) is 4.56. The number of pyridine rings is 1. The predicted molar refractivity (Wildman–Crippen MR) is 58.2 cm³/mol. The van der Waals surface area contributed by atoms with Gasteiger partial charge in [0, 0.05) is 13.6 Å². The highest BCUT2D eigenvalue weighted by molar-refractivity contribution is 5.39. The number of rotatable bonds is 4. The first-order valence-electron chi connectivity index (χ1n) is 4.56. The SMILES string of the molecule is C=C(C)CN(C)c1cccc(CO)n1. The average molecular weight is 192 g/mol. The third-order valence-corrected chi connectivity index (χ3v) is 1.85. The highest BCUT2D eigenvalue weighted by Crippen LogP contribution is 2.10. The Bertz CT molecular complexity index is 323. The molecule has 0 saturated heterocycles. The smallest absolute Gasteiger partial charge is 0.128 e. The van der Waals surface area contributed by atoms with Crippen molar-refractivity contribution in [3.8, 4) is 0 Å². The maximum Gasteiger partial charge on any atom is 0.128 e. The lowest BCUT2D eigenvalue weighted by atomic mass is 10.3. The second kappa shape index (κ2) is 4.77. The van der Waals surface area contributed by atoms with Gasteiger partial charge >= 0.3 is 0 Å². The van der Waals surface area contributed by atoms with Gasteiger partial charge in [-0.1, -0.05) is 18.2 Å². The molecule has 0 spiro atoms. The molecule has 0 aliphatic heterocycles. The monoisotopic (exact) mass is 192 g/mol. The van der Waals surface area contributed by atoms with E-state index in [2.05, 4.69) is 11.6 Å². The van der Waals surface area contributed by atoms with Crippen LogP contribution in [0.5, 0.6) is 0 Å². The van der Waals surface area contributed by atoms with Crippen LogP contribution in [0.1, 0.15) is 12.6 Å². The topological polar surface area (TPSA) is 36.4 Å². The zero-order valence-corrected chi connectivity index (χ0v) is 8.70. The standard InChI is InChI=1S/C11H16N2O/c1-9(2)7-13(3)11-6-4-5-10(8-14)12-11/h4-6,14H,1,7-8H2,2-3H3. The van der Waals surface area contributed by atoms with Crippen LogP contribution in [0, 0.1) is 0 Å². The van der Waals surface area contributed by atoms with Crippen LogP contribution in [0.4, 0.5) is 5.82 Å². The zero-order valence-electron chi connectivity index (χ0n) is 8.70. The molecular weight excluding hydrogens is 176 g/mol. The molecule has 1 aromatic heterocycles. The molecule has 1 rings (SSSR count). The Morgan fingerprint density at radius 3 is 2.86 bits per heavy atom. The molecule has 14 heavy (non-hydrogen) atoms. The fraction of sp³-hybridized carbons (Fsp3) is 0.364. The Kier molecular flexibility index (Phi) is 3.65. The molecule has 0 radical (unpaired) electrons. The first kappa shape index (κ1) is 10.7. The van der Waals surface area contributed by atoms with Crippen molar-refractivity contribution >= 4 is 5.82 Å². The van der Waals surface area contributed by atoms with Crippen molar-refractivity contribution in [1.82, 2.24) is 4.98 Å². The van der Waals surface area contributed by atoms with Crippen LogP contribution >= 0.6 is 0 Å². The first-order chi connectivity index (χ1) is 6.63. The van der Waals surface area contributed by atoms with E-state index in [4.69, 9.17) is 5.11 Å². The molecule has 0 fully saturated rings. The van der Waals surface area contributed by atoms with Gasteiger partial charge < -0.3 is 10.0 Å². The van der Waals surface area contributed by atoms with Crippen LogP contribution in [0.15, 0.2) is 30.4 Å². The summed E-state index contributed by atoms with van der Waals surface area (Å²) in [6.07, 6.45) is 0. The van der Waals surface area contributed by atoms with Gasteiger partial charge in [0.15, 0.2) is 0 Å². The van der Waals surface area contributed by atoms with Crippen molar-refractivity contribution in [2.24, 2.45) is 0 Å². The van der Waals surface area contributed by atoms with Crippen molar-refractivity contribution in [3.63, 3.8) is 0 Å². The van der Waals surface area contributed by atoms with Crippen LogP contribution in [-0.2, 0) is 6.61 Å². The van der Waals surface area contributed by atoms with Gasteiger partial charge in [0.05, 0.1) is 12.3 Å². The number of likely N-dealkylation sites (N-methyl/N-ethyl adjacent to an activating group) is 1. The van der Waals surface area contributed by atoms with Crippen LogP contribution in [0.3, 0.4) is 0 Å². The Morgan fingerprint density at radius 2 is 2.29 bits per heavy atom. The minimum Gasteiger partial charge on any atom is -0.390 e. The quantitative estimate of drug-likeness (QED) is 0.736. The number of nitrogens with zero attached hydrogens (tertiary/aromatic N) is 2. The van der Waals surface area contributed by atoms with E-state index in [1.54, 1.807) is 6.07 Å². The number of hydrogen-bond acceptors (Lipinski definition) is 3. The summed E-state index contributed by atoms with van der Waals surface area (Å²) in [4.78, 5) is 6.28. The van der Waals surface area contributed by atoms with E-state index in [0.717, 1.165) is 17.9 Å². The van der Waals surface area contributed by atoms with Crippen molar-refractivity contribution in [1.29, 1.82) is 0 Å². The fourth-order valence-electron chi connectivity index (χ4n) is 1.25. The van der Waals surface area contributed by atoms with Crippen molar-refractivity contribution in [3.05, 3.63) is 36.0 Å². The zero-order chi connectivity index (χ0) is 10.6. The summed E-state index contributed by atoms with van der Waals surface area (Å²) in [5.41, 5.74) is 1.78. The fourth-order valence-corrected chi connectivity index (χ4v) is 1.25. The van der Waals surface area contributed by atoms with Crippen LogP contribution < -0.4 is 4.90 Å². The lowest BCUT2D eigenvalue weighted by Gasteiger charge is -2.18. The molecule has 0 bridgehead atoms. The number of aliphatic hydroxyl groups is 1. The minimum absolute atomic E-state index is 0.0191. The molecule has 3 heteroatoms. The Morgan fingerprint density at radius 1 is 1.57 bits per heavy atom. The van der Waals surface area contributed by atoms with Gasteiger partial charge in [-0.3, -0.25) is 0 Å². The second-order valence-electron chi connectivity index (χ2n) is 3.46. The van der Waals surface area contributed by atoms with Gasteiger partial charge in [-0.15, -0.1) is 0 Å². The molecule has 1 heterocycles. The van der Waals surface area contributed by atoms with E-state index >= 15 is 0 Å². The number of aromatic nitrogens is 1. The minimum atomic E-state index is -0.0191. The van der Waals surface area contributed by atoms with Gasteiger partial charge in [0.25, 0.3) is 0 Å². The van der Waals surface area contributed by atoms with E-state index in [-0.39, 0.29) is 6.61 Å². The van der Waals surface area contributed by atoms with E-state index in [1.807, 2.05) is 31.0 Å². The van der Waals surface area contributed by atoms with Gasteiger partial charge in [0.1, 0.15) is 5.82 Å². The number of anilines is 1. The summed E-state index contributed by atoms with van der Waals surface area (Å²) in [5, 5.41) is 8.93. The summed E-state index contributed by atoms with van der Waals surface area (Å²) in [6, 6.07) is 5.61. The summed E-state index contributed by atoms with van der Waals surface area (Å²) >= 11 is 0. The molecule has 0 aliphatic rings. The lowest BCUT2D eigenvalue weighted by molar-refractivity contribution is 0.277. The van der Waals surface area contributed by atoms with Gasteiger partial charge in [-0.2, -0.15) is 0 Å². The molecule has 0 amide bonds. The normalized spacial score (nSPS) is 9.93. The largest absolute Gasteiger partial charge is 0.390 e. The summed E-state index contributed by atoms with van der Waals surface area (Å²) in [5.74, 6) is 0.861. The maximum absolute atomic E-state index is 8.93.